The van der Waals surface area contributed by atoms with Gasteiger partial charge in [0.2, 0.25) is 11.8 Å². The van der Waals surface area contributed by atoms with Crippen LogP contribution in [0.3, 0.4) is 0 Å². The van der Waals surface area contributed by atoms with Crippen LogP contribution in [0.2, 0.25) is 0 Å². The maximum absolute atomic E-state index is 11.4. The fourth-order valence-electron chi connectivity index (χ4n) is 1.12. The number of alkyl halides is 1. The molecule has 17 heavy (non-hydrogen) atoms. The molecule has 0 aliphatic heterocycles. The van der Waals surface area contributed by atoms with Crippen LogP contribution in [0.1, 0.15) is 13.8 Å². The second-order valence-corrected chi connectivity index (χ2v) is 4.17. The number of carbonyl (C=O) groups is 2. The molecule has 5 heteroatoms. The van der Waals surface area contributed by atoms with Crippen molar-refractivity contribution < 1.29 is 9.59 Å². The summed E-state index contributed by atoms with van der Waals surface area (Å²) in [5, 5.41) is 5.37. The number of anilines is 2. The van der Waals surface area contributed by atoms with Crippen LogP contribution >= 0.6 is 11.6 Å². The minimum absolute atomic E-state index is 0.0393. The lowest BCUT2D eigenvalue weighted by molar-refractivity contribution is -0.119. The Morgan fingerprint density at radius 2 is 1.59 bits per heavy atom. The molecule has 0 atom stereocenters. The van der Waals surface area contributed by atoms with Gasteiger partial charge in [0.15, 0.2) is 0 Å². The van der Waals surface area contributed by atoms with Gasteiger partial charge in [-0.2, -0.15) is 0 Å². The standard InChI is InChI=1S/C12H15ClN2O2/c1-8(2)12(17)15-10-5-3-9(4-6-10)14-11(16)7-13/h3-6,8H,7H2,1-2H3,(H,14,16)(H,15,17). The first kappa shape index (κ1) is 13.5. The van der Waals surface area contributed by atoms with Crippen LogP contribution in [0.4, 0.5) is 11.4 Å². The summed E-state index contributed by atoms with van der Waals surface area (Å²) in [4.78, 5) is 22.4. The Morgan fingerprint density at radius 3 is 2.00 bits per heavy atom. The van der Waals surface area contributed by atoms with Gasteiger partial charge in [0, 0.05) is 17.3 Å². The number of carbonyl (C=O) groups excluding carboxylic acids is 2. The molecule has 0 spiro atoms. The quantitative estimate of drug-likeness (QED) is 0.811. The number of halogens is 1. The van der Waals surface area contributed by atoms with E-state index in [-0.39, 0.29) is 23.6 Å². The van der Waals surface area contributed by atoms with Crippen molar-refractivity contribution in [2.75, 3.05) is 16.5 Å². The van der Waals surface area contributed by atoms with E-state index >= 15 is 0 Å². The average molecular weight is 255 g/mol. The zero-order valence-electron chi connectivity index (χ0n) is 9.79. The van der Waals surface area contributed by atoms with E-state index in [1.54, 1.807) is 24.3 Å². The van der Waals surface area contributed by atoms with Gasteiger partial charge >= 0.3 is 0 Å². The van der Waals surface area contributed by atoms with E-state index in [1.807, 2.05) is 13.8 Å². The smallest absolute Gasteiger partial charge is 0.239 e. The second kappa shape index (κ2) is 6.25. The molecular formula is C12H15ClN2O2. The number of hydrogen-bond donors (Lipinski definition) is 2. The highest BCUT2D eigenvalue weighted by atomic mass is 35.5. The molecule has 0 saturated carbocycles. The molecule has 0 heterocycles. The summed E-state index contributed by atoms with van der Waals surface area (Å²) in [6.07, 6.45) is 0. The Bertz CT molecular complexity index is 401. The largest absolute Gasteiger partial charge is 0.326 e. The molecule has 1 aromatic rings. The Labute approximate surface area is 105 Å². The van der Waals surface area contributed by atoms with Gasteiger partial charge in [-0.05, 0) is 24.3 Å². The summed E-state index contributed by atoms with van der Waals surface area (Å²) in [5.74, 6) is -0.440. The summed E-state index contributed by atoms with van der Waals surface area (Å²) < 4.78 is 0. The Balaban J connectivity index is 2.62. The van der Waals surface area contributed by atoms with E-state index in [9.17, 15) is 9.59 Å². The highest BCUT2D eigenvalue weighted by Gasteiger charge is 2.06. The molecule has 2 N–H and O–H groups in total. The Hall–Kier alpha value is -1.55. The van der Waals surface area contributed by atoms with Crippen LogP contribution in [0.25, 0.3) is 0 Å². The van der Waals surface area contributed by atoms with Crippen molar-refractivity contribution in [3.8, 4) is 0 Å². The molecule has 1 rings (SSSR count). The van der Waals surface area contributed by atoms with Crippen molar-refractivity contribution in [3.63, 3.8) is 0 Å². The zero-order valence-corrected chi connectivity index (χ0v) is 10.5. The SMILES string of the molecule is CC(C)C(=O)Nc1ccc(NC(=O)CCl)cc1. The molecular weight excluding hydrogens is 240 g/mol. The third-order valence-electron chi connectivity index (χ3n) is 2.08. The summed E-state index contributed by atoms with van der Waals surface area (Å²) in [6.45, 7) is 3.65. The van der Waals surface area contributed by atoms with Gasteiger partial charge in [-0.1, -0.05) is 13.8 Å². The lowest BCUT2D eigenvalue weighted by Gasteiger charge is -2.08. The average Bonchev–Trinajstić information content (AvgIpc) is 2.31. The highest BCUT2D eigenvalue weighted by molar-refractivity contribution is 6.29. The second-order valence-electron chi connectivity index (χ2n) is 3.90. The van der Waals surface area contributed by atoms with Gasteiger partial charge in [-0.3, -0.25) is 9.59 Å². The van der Waals surface area contributed by atoms with Gasteiger partial charge in [-0.15, -0.1) is 11.6 Å². The summed E-state index contributed by atoms with van der Waals surface area (Å²) in [5.41, 5.74) is 1.35. The molecule has 0 radical (unpaired) electrons. The molecule has 2 amide bonds. The monoisotopic (exact) mass is 254 g/mol. The lowest BCUT2D eigenvalue weighted by Crippen LogP contribution is -2.17. The topological polar surface area (TPSA) is 58.2 Å². The van der Waals surface area contributed by atoms with E-state index in [1.165, 1.54) is 0 Å². The first-order valence-electron chi connectivity index (χ1n) is 5.29. The maximum atomic E-state index is 11.4. The van der Waals surface area contributed by atoms with Gasteiger partial charge in [-0.25, -0.2) is 0 Å². The van der Waals surface area contributed by atoms with Gasteiger partial charge < -0.3 is 10.6 Å². The van der Waals surface area contributed by atoms with E-state index in [0.717, 1.165) is 0 Å². The Kier molecular flexibility index (Phi) is 4.97. The van der Waals surface area contributed by atoms with E-state index in [0.29, 0.717) is 11.4 Å². The molecule has 4 nitrogen and oxygen atoms in total. The third-order valence-corrected chi connectivity index (χ3v) is 2.32. The molecule has 0 aromatic heterocycles. The fourth-order valence-corrected chi connectivity index (χ4v) is 1.18. The summed E-state index contributed by atoms with van der Waals surface area (Å²) in [7, 11) is 0. The molecule has 92 valence electrons. The van der Waals surface area contributed by atoms with E-state index < -0.39 is 0 Å². The number of rotatable bonds is 4. The van der Waals surface area contributed by atoms with Crippen molar-refractivity contribution in [2.45, 2.75) is 13.8 Å². The van der Waals surface area contributed by atoms with Gasteiger partial charge in [0.05, 0.1) is 0 Å². The number of benzene rings is 1. The molecule has 0 aliphatic rings. The first-order valence-corrected chi connectivity index (χ1v) is 5.83. The molecule has 0 fully saturated rings. The van der Waals surface area contributed by atoms with Crippen LogP contribution in [0.15, 0.2) is 24.3 Å². The molecule has 1 aromatic carbocycles. The van der Waals surface area contributed by atoms with Crippen molar-refractivity contribution in [2.24, 2.45) is 5.92 Å². The molecule has 0 unspecified atom stereocenters. The molecule has 0 saturated heterocycles. The van der Waals surface area contributed by atoms with Crippen molar-refractivity contribution >= 4 is 34.8 Å². The predicted octanol–water partition coefficient (Wildman–Crippen LogP) is 2.46. The predicted molar refractivity (Wildman–Crippen MR) is 69.3 cm³/mol. The van der Waals surface area contributed by atoms with Crippen molar-refractivity contribution in [1.82, 2.24) is 0 Å². The maximum Gasteiger partial charge on any atom is 0.239 e. The zero-order chi connectivity index (χ0) is 12.8. The summed E-state index contributed by atoms with van der Waals surface area (Å²) >= 11 is 5.37. The molecule has 0 aliphatic carbocycles. The van der Waals surface area contributed by atoms with Crippen molar-refractivity contribution in [3.05, 3.63) is 24.3 Å². The highest BCUT2D eigenvalue weighted by Crippen LogP contribution is 2.14. The van der Waals surface area contributed by atoms with Crippen LogP contribution in [0.5, 0.6) is 0 Å². The van der Waals surface area contributed by atoms with Gasteiger partial charge in [0.25, 0.3) is 0 Å². The normalized spacial score (nSPS) is 10.1. The van der Waals surface area contributed by atoms with E-state index in [4.69, 9.17) is 11.6 Å². The summed E-state index contributed by atoms with van der Waals surface area (Å²) in [6, 6.07) is 6.87. The number of hydrogen-bond acceptors (Lipinski definition) is 2. The number of amides is 2. The van der Waals surface area contributed by atoms with Crippen LogP contribution in [-0.4, -0.2) is 17.7 Å². The van der Waals surface area contributed by atoms with Crippen LogP contribution < -0.4 is 10.6 Å². The van der Waals surface area contributed by atoms with E-state index in [2.05, 4.69) is 10.6 Å². The third kappa shape index (κ3) is 4.44. The lowest BCUT2D eigenvalue weighted by atomic mass is 10.2. The van der Waals surface area contributed by atoms with Crippen LogP contribution in [0, 0.1) is 5.92 Å². The fraction of sp³-hybridized carbons (Fsp3) is 0.333. The van der Waals surface area contributed by atoms with Crippen molar-refractivity contribution in [1.29, 1.82) is 0 Å². The molecule has 0 bridgehead atoms. The Morgan fingerprint density at radius 1 is 1.12 bits per heavy atom. The van der Waals surface area contributed by atoms with Crippen LogP contribution in [-0.2, 0) is 9.59 Å². The minimum Gasteiger partial charge on any atom is -0.326 e. The van der Waals surface area contributed by atoms with Gasteiger partial charge in [0.1, 0.15) is 5.88 Å². The minimum atomic E-state index is -0.259. The first-order chi connectivity index (χ1) is 8.02. The number of nitrogens with one attached hydrogen (secondary N) is 2.